The molecule has 0 aliphatic carbocycles. The SMILES string of the molecule is F[C@H]1[C@@H](OC(c2ccccc2)(c2ccccc2)c2ccccc2)[C@H](n2c(Cl)nc3cc(Cl)c(Cl)cc32)O[C@@H]1COC(c1ccccc1)(c1ccccc1)c1ccccc1. The average Bonchev–Trinajstić information content (AvgIpc) is 3.77. The van der Waals surface area contributed by atoms with E-state index in [0.717, 1.165) is 33.4 Å². The van der Waals surface area contributed by atoms with E-state index in [1.165, 1.54) is 0 Å². The Morgan fingerprint density at radius 3 is 1.32 bits per heavy atom. The molecule has 1 saturated heterocycles. The highest BCUT2D eigenvalue weighted by atomic mass is 35.5. The number of hydrogen-bond acceptors (Lipinski definition) is 4. The number of ether oxygens (including phenoxy) is 3. The van der Waals surface area contributed by atoms with Gasteiger partial charge in [-0.05, 0) is 57.1 Å². The molecule has 0 radical (unpaired) electrons. The van der Waals surface area contributed by atoms with E-state index in [-0.39, 0.29) is 16.9 Å². The molecule has 9 heteroatoms. The molecule has 294 valence electrons. The van der Waals surface area contributed by atoms with Crippen LogP contribution in [-0.2, 0) is 25.4 Å². The van der Waals surface area contributed by atoms with Crippen LogP contribution in [0.4, 0.5) is 4.39 Å². The summed E-state index contributed by atoms with van der Waals surface area (Å²) < 4.78 is 41.3. The first-order valence-electron chi connectivity index (χ1n) is 19.4. The Bertz CT molecular complexity index is 2440. The van der Waals surface area contributed by atoms with Crippen LogP contribution < -0.4 is 0 Å². The number of halogens is 4. The number of imidazole rings is 1. The lowest BCUT2D eigenvalue weighted by Crippen LogP contribution is -2.43. The quantitative estimate of drug-likeness (QED) is 0.115. The molecule has 0 unspecified atom stereocenters. The van der Waals surface area contributed by atoms with Gasteiger partial charge in [-0.15, -0.1) is 0 Å². The summed E-state index contributed by atoms with van der Waals surface area (Å²) in [6.07, 6.45) is -5.29. The first-order valence-corrected chi connectivity index (χ1v) is 20.5. The van der Waals surface area contributed by atoms with Crippen molar-refractivity contribution in [2.75, 3.05) is 6.61 Å². The first kappa shape index (κ1) is 39.2. The second kappa shape index (κ2) is 16.7. The van der Waals surface area contributed by atoms with Crippen LogP contribution in [0.5, 0.6) is 0 Å². The van der Waals surface area contributed by atoms with Gasteiger partial charge in [-0.25, -0.2) is 9.37 Å². The molecule has 1 fully saturated rings. The second-order valence-electron chi connectivity index (χ2n) is 14.5. The van der Waals surface area contributed by atoms with Crippen LogP contribution in [-0.4, -0.2) is 34.5 Å². The van der Waals surface area contributed by atoms with Gasteiger partial charge in [0.2, 0.25) is 5.28 Å². The van der Waals surface area contributed by atoms with Crippen molar-refractivity contribution in [3.8, 4) is 0 Å². The Balaban J connectivity index is 1.21. The minimum atomic E-state index is -1.74. The fourth-order valence-electron chi connectivity index (χ4n) is 8.37. The van der Waals surface area contributed by atoms with E-state index in [1.807, 2.05) is 182 Å². The maximum atomic E-state index is 18.2. The van der Waals surface area contributed by atoms with Crippen molar-refractivity contribution in [3.05, 3.63) is 243 Å². The number of fused-ring (bicyclic) bond motifs is 1. The van der Waals surface area contributed by atoms with Gasteiger partial charge in [0.25, 0.3) is 0 Å². The molecule has 59 heavy (non-hydrogen) atoms. The largest absolute Gasteiger partial charge is 0.358 e. The minimum Gasteiger partial charge on any atom is -0.358 e. The van der Waals surface area contributed by atoms with E-state index < -0.39 is 35.8 Å². The molecule has 9 rings (SSSR count). The Kier molecular flexibility index (Phi) is 11.1. The molecule has 1 aliphatic rings. The summed E-state index contributed by atoms with van der Waals surface area (Å²) in [5, 5.41) is 0.655. The van der Waals surface area contributed by atoms with Crippen LogP contribution >= 0.6 is 34.8 Å². The molecule has 5 nitrogen and oxygen atoms in total. The van der Waals surface area contributed by atoms with Crippen molar-refractivity contribution < 1.29 is 18.6 Å². The maximum Gasteiger partial charge on any atom is 0.206 e. The third-order valence-corrected chi connectivity index (χ3v) is 12.1. The van der Waals surface area contributed by atoms with Crippen molar-refractivity contribution in [1.29, 1.82) is 0 Å². The number of hydrogen-bond donors (Lipinski definition) is 0. The molecule has 8 aromatic rings. The van der Waals surface area contributed by atoms with Gasteiger partial charge in [0.1, 0.15) is 23.4 Å². The summed E-state index contributed by atoms with van der Waals surface area (Å²) in [4.78, 5) is 4.62. The molecule has 7 aromatic carbocycles. The van der Waals surface area contributed by atoms with Crippen LogP contribution in [0, 0.1) is 0 Å². The number of rotatable bonds is 12. The summed E-state index contributed by atoms with van der Waals surface area (Å²) in [5.41, 5.74) is 3.58. The number of benzene rings is 7. The Labute approximate surface area is 357 Å². The van der Waals surface area contributed by atoms with E-state index in [0.29, 0.717) is 16.1 Å². The topological polar surface area (TPSA) is 45.5 Å². The van der Waals surface area contributed by atoms with E-state index in [2.05, 4.69) is 4.98 Å². The van der Waals surface area contributed by atoms with E-state index in [4.69, 9.17) is 49.0 Å². The van der Waals surface area contributed by atoms with Crippen LogP contribution in [0.1, 0.15) is 39.6 Å². The molecule has 4 atom stereocenters. The zero-order valence-electron chi connectivity index (χ0n) is 31.6. The highest BCUT2D eigenvalue weighted by Crippen LogP contribution is 2.49. The summed E-state index contributed by atoms with van der Waals surface area (Å²) >= 11 is 20.1. The standard InChI is InChI=1S/C50H38Cl3FN2O3/c51-40-31-42-43(32-41(40)52)56(48(53)55-42)47-46(59-50(37-25-13-4-14-26-37,38-27-15-5-16-28-38)39-29-17-6-18-30-39)45(54)44(58-47)33-57-49(34-19-7-1-8-20-34,35-21-9-2-10-22-35)36-23-11-3-12-24-36/h1-32,44-47H,33H2/t44-,45-,46-,47-/m1/s1. The molecule has 1 aromatic heterocycles. The minimum absolute atomic E-state index is 0.0580. The van der Waals surface area contributed by atoms with Crippen molar-refractivity contribution >= 4 is 45.8 Å². The molecule has 2 heterocycles. The molecule has 0 bridgehead atoms. The van der Waals surface area contributed by atoms with Crippen molar-refractivity contribution in [2.45, 2.75) is 35.8 Å². The van der Waals surface area contributed by atoms with Crippen LogP contribution in [0.3, 0.4) is 0 Å². The Morgan fingerprint density at radius 1 is 0.542 bits per heavy atom. The summed E-state index contributed by atoms with van der Waals surface area (Å²) in [6.45, 7) is -0.165. The zero-order chi connectivity index (χ0) is 40.4. The predicted octanol–water partition coefficient (Wildman–Crippen LogP) is 12.6. The van der Waals surface area contributed by atoms with Crippen LogP contribution in [0.15, 0.2) is 194 Å². The average molecular weight is 840 g/mol. The highest BCUT2D eigenvalue weighted by Gasteiger charge is 2.54. The van der Waals surface area contributed by atoms with Crippen LogP contribution in [0.25, 0.3) is 11.0 Å². The number of aromatic nitrogens is 2. The van der Waals surface area contributed by atoms with Gasteiger partial charge in [-0.1, -0.05) is 205 Å². The summed E-state index contributed by atoms with van der Waals surface area (Å²) in [5.74, 6) is 0. The third kappa shape index (κ3) is 7.14. The van der Waals surface area contributed by atoms with Gasteiger partial charge in [0.05, 0.1) is 27.7 Å². The molecular weight excluding hydrogens is 802 g/mol. The van der Waals surface area contributed by atoms with Gasteiger partial charge in [-0.2, -0.15) is 0 Å². The molecule has 1 aliphatic heterocycles. The fraction of sp³-hybridized carbons (Fsp3) is 0.140. The molecule has 0 spiro atoms. The van der Waals surface area contributed by atoms with Gasteiger partial charge in [0, 0.05) is 0 Å². The monoisotopic (exact) mass is 838 g/mol. The smallest absolute Gasteiger partial charge is 0.206 e. The van der Waals surface area contributed by atoms with Gasteiger partial charge in [0.15, 0.2) is 12.4 Å². The van der Waals surface area contributed by atoms with Crippen molar-refractivity contribution in [3.63, 3.8) is 0 Å². The lowest BCUT2D eigenvalue weighted by Gasteiger charge is -2.39. The van der Waals surface area contributed by atoms with E-state index in [9.17, 15) is 0 Å². The lowest BCUT2D eigenvalue weighted by atomic mass is 9.79. The molecule has 0 N–H and O–H groups in total. The van der Waals surface area contributed by atoms with Gasteiger partial charge in [-0.3, -0.25) is 4.57 Å². The Morgan fingerprint density at radius 2 is 0.915 bits per heavy atom. The lowest BCUT2D eigenvalue weighted by molar-refractivity contribution is -0.119. The van der Waals surface area contributed by atoms with Gasteiger partial charge >= 0.3 is 0 Å². The van der Waals surface area contributed by atoms with Gasteiger partial charge < -0.3 is 14.2 Å². The first-order chi connectivity index (χ1) is 28.9. The zero-order valence-corrected chi connectivity index (χ0v) is 33.9. The Hall–Kier alpha value is -5.31. The number of alkyl halides is 1. The maximum absolute atomic E-state index is 18.2. The summed E-state index contributed by atoms with van der Waals surface area (Å²) in [6, 6.07) is 62.7. The fourth-order valence-corrected chi connectivity index (χ4v) is 8.96. The van der Waals surface area contributed by atoms with Crippen molar-refractivity contribution in [1.82, 2.24) is 9.55 Å². The summed E-state index contributed by atoms with van der Waals surface area (Å²) in [7, 11) is 0. The molecule has 0 amide bonds. The van der Waals surface area contributed by atoms with E-state index in [1.54, 1.807) is 16.7 Å². The van der Waals surface area contributed by atoms with E-state index >= 15 is 4.39 Å². The molecule has 0 saturated carbocycles. The van der Waals surface area contributed by atoms with Crippen molar-refractivity contribution in [2.24, 2.45) is 0 Å². The highest BCUT2D eigenvalue weighted by molar-refractivity contribution is 6.42. The van der Waals surface area contributed by atoms with Crippen LogP contribution in [0.2, 0.25) is 15.3 Å². The second-order valence-corrected chi connectivity index (χ2v) is 15.6. The normalized spacial score (nSPS) is 18.3. The predicted molar refractivity (Wildman–Crippen MR) is 233 cm³/mol. The third-order valence-electron chi connectivity index (χ3n) is 11.1. The molecular formula is C50H38Cl3FN2O3. The number of nitrogens with zero attached hydrogens (tertiary/aromatic N) is 2.